The standard InChI is InChI=1S/C23H21N3O3S/c1-14(26-22(28)16-6-2-3-7-17(16)23(26)29)21(27)25-12-10-15(11-13-25)20-24-18-8-4-5-9-19(18)30-20/h2-9,14-15H,10-13H2,1H3. The normalized spacial score (nSPS) is 18.2. The van der Waals surface area contributed by atoms with Crippen molar-refractivity contribution in [3.05, 3.63) is 64.7 Å². The van der Waals surface area contributed by atoms with E-state index in [-0.39, 0.29) is 17.7 Å². The van der Waals surface area contributed by atoms with E-state index < -0.39 is 6.04 Å². The number of rotatable bonds is 3. The fourth-order valence-electron chi connectivity index (χ4n) is 4.35. The van der Waals surface area contributed by atoms with Crippen LogP contribution in [-0.2, 0) is 4.79 Å². The second-order valence-corrected chi connectivity index (χ2v) is 8.88. The van der Waals surface area contributed by atoms with Crippen LogP contribution in [0.4, 0.5) is 0 Å². The van der Waals surface area contributed by atoms with Crippen LogP contribution in [0.1, 0.15) is 51.4 Å². The lowest BCUT2D eigenvalue weighted by molar-refractivity contribution is -0.136. The predicted molar refractivity (Wildman–Crippen MR) is 115 cm³/mol. The van der Waals surface area contributed by atoms with Gasteiger partial charge in [0.15, 0.2) is 0 Å². The van der Waals surface area contributed by atoms with Crippen molar-refractivity contribution in [2.45, 2.75) is 31.7 Å². The topological polar surface area (TPSA) is 70.6 Å². The number of carbonyl (C=O) groups is 3. The van der Waals surface area contributed by atoms with Crippen molar-refractivity contribution in [1.29, 1.82) is 0 Å². The molecule has 1 atom stereocenters. The number of fused-ring (bicyclic) bond motifs is 2. The third-order valence-electron chi connectivity index (χ3n) is 6.04. The molecule has 1 aromatic heterocycles. The van der Waals surface area contributed by atoms with Crippen LogP contribution in [0, 0.1) is 0 Å². The molecule has 0 bridgehead atoms. The number of benzene rings is 2. The third-order valence-corrected chi connectivity index (χ3v) is 7.24. The largest absolute Gasteiger partial charge is 0.341 e. The van der Waals surface area contributed by atoms with Gasteiger partial charge in [0.25, 0.3) is 11.8 Å². The molecule has 3 amide bonds. The molecule has 0 aliphatic carbocycles. The van der Waals surface area contributed by atoms with E-state index in [1.54, 1.807) is 47.4 Å². The highest BCUT2D eigenvalue weighted by molar-refractivity contribution is 7.18. The number of carbonyl (C=O) groups excluding carboxylic acids is 3. The number of thiazole rings is 1. The van der Waals surface area contributed by atoms with E-state index in [2.05, 4.69) is 6.07 Å². The summed E-state index contributed by atoms with van der Waals surface area (Å²) < 4.78 is 1.19. The molecule has 2 aromatic carbocycles. The Labute approximate surface area is 178 Å². The number of piperidine rings is 1. The molecule has 0 radical (unpaired) electrons. The summed E-state index contributed by atoms with van der Waals surface area (Å²) in [6.45, 7) is 2.85. The van der Waals surface area contributed by atoms with Gasteiger partial charge in [-0.2, -0.15) is 0 Å². The second kappa shape index (κ2) is 7.32. The van der Waals surface area contributed by atoms with Crippen molar-refractivity contribution < 1.29 is 14.4 Å². The summed E-state index contributed by atoms with van der Waals surface area (Å²) in [7, 11) is 0. The molecular weight excluding hydrogens is 398 g/mol. The molecule has 2 aliphatic heterocycles. The number of hydrogen-bond acceptors (Lipinski definition) is 5. The molecule has 0 saturated carbocycles. The average molecular weight is 420 g/mol. The SMILES string of the molecule is CC(C(=O)N1CCC(c2nc3ccccc3s2)CC1)N1C(=O)c2ccccc2C1=O. The Bertz CT molecular complexity index is 1100. The molecule has 7 heteroatoms. The van der Waals surface area contributed by atoms with Gasteiger partial charge < -0.3 is 4.90 Å². The molecule has 30 heavy (non-hydrogen) atoms. The van der Waals surface area contributed by atoms with Crippen molar-refractivity contribution >= 4 is 39.3 Å². The quantitative estimate of drug-likeness (QED) is 0.607. The van der Waals surface area contributed by atoms with Gasteiger partial charge in [0.1, 0.15) is 6.04 Å². The molecule has 3 heterocycles. The van der Waals surface area contributed by atoms with E-state index >= 15 is 0 Å². The maximum absolute atomic E-state index is 13.1. The smallest absolute Gasteiger partial charge is 0.262 e. The zero-order valence-corrected chi connectivity index (χ0v) is 17.4. The molecule has 1 saturated heterocycles. The molecule has 2 aliphatic rings. The first-order valence-corrected chi connectivity index (χ1v) is 11.0. The first-order chi connectivity index (χ1) is 14.5. The Kier molecular flexibility index (Phi) is 4.62. The van der Waals surface area contributed by atoms with Gasteiger partial charge in [-0.15, -0.1) is 11.3 Å². The number of imide groups is 1. The molecule has 5 rings (SSSR count). The minimum Gasteiger partial charge on any atom is -0.341 e. The maximum atomic E-state index is 13.1. The van der Waals surface area contributed by atoms with Crippen molar-refractivity contribution in [3.8, 4) is 0 Å². The third kappa shape index (κ3) is 3.01. The molecule has 0 N–H and O–H groups in total. The molecule has 3 aromatic rings. The van der Waals surface area contributed by atoms with E-state index in [1.807, 2.05) is 18.2 Å². The molecule has 0 spiro atoms. The van der Waals surface area contributed by atoms with Crippen LogP contribution >= 0.6 is 11.3 Å². The van der Waals surface area contributed by atoms with Crippen molar-refractivity contribution in [2.24, 2.45) is 0 Å². The van der Waals surface area contributed by atoms with Crippen molar-refractivity contribution in [2.75, 3.05) is 13.1 Å². The Balaban J connectivity index is 1.27. The number of hydrogen-bond donors (Lipinski definition) is 0. The van der Waals surface area contributed by atoms with Gasteiger partial charge in [0, 0.05) is 19.0 Å². The van der Waals surface area contributed by atoms with E-state index in [0.717, 1.165) is 28.3 Å². The van der Waals surface area contributed by atoms with Crippen LogP contribution in [-0.4, -0.2) is 51.6 Å². The monoisotopic (exact) mass is 419 g/mol. The number of amides is 3. The summed E-state index contributed by atoms with van der Waals surface area (Å²) in [6.07, 6.45) is 1.67. The lowest BCUT2D eigenvalue weighted by Crippen LogP contribution is -2.51. The fourth-order valence-corrected chi connectivity index (χ4v) is 5.48. The highest BCUT2D eigenvalue weighted by atomic mass is 32.1. The molecule has 1 fully saturated rings. The van der Waals surface area contributed by atoms with Gasteiger partial charge in [0.2, 0.25) is 5.91 Å². The first-order valence-electron chi connectivity index (χ1n) is 10.2. The Morgan fingerprint density at radius 1 is 1.00 bits per heavy atom. The van der Waals surface area contributed by atoms with Crippen LogP contribution in [0.2, 0.25) is 0 Å². The lowest BCUT2D eigenvalue weighted by Gasteiger charge is -2.34. The van der Waals surface area contributed by atoms with Crippen LogP contribution in [0.15, 0.2) is 48.5 Å². The minimum atomic E-state index is -0.809. The zero-order valence-electron chi connectivity index (χ0n) is 16.6. The molecule has 6 nitrogen and oxygen atoms in total. The van der Waals surface area contributed by atoms with Crippen LogP contribution in [0.3, 0.4) is 0 Å². The van der Waals surface area contributed by atoms with Gasteiger partial charge in [-0.25, -0.2) is 4.98 Å². The maximum Gasteiger partial charge on any atom is 0.262 e. The van der Waals surface area contributed by atoms with Crippen molar-refractivity contribution in [1.82, 2.24) is 14.8 Å². The summed E-state index contributed by atoms with van der Waals surface area (Å²) in [5.41, 5.74) is 1.77. The second-order valence-electron chi connectivity index (χ2n) is 7.82. The molecule has 152 valence electrons. The zero-order chi connectivity index (χ0) is 20.8. The summed E-state index contributed by atoms with van der Waals surface area (Å²) in [4.78, 5) is 46.1. The number of nitrogens with zero attached hydrogens (tertiary/aromatic N) is 3. The Morgan fingerprint density at radius 3 is 2.23 bits per heavy atom. The van der Waals surface area contributed by atoms with Crippen molar-refractivity contribution in [3.63, 3.8) is 0 Å². The summed E-state index contributed by atoms with van der Waals surface area (Å²) in [6, 6.07) is 14.0. The highest BCUT2D eigenvalue weighted by Gasteiger charge is 2.42. The Morgan fingerprint density at radius 2 is 1.60 bits per heavy atom. The van der Waals surface area contributed by atoms with E-state index in [0.29, 0.717) is 30.1 Å². The predicted octanol–water partition coefficient (Wildman–Crippen LogP) is 3.69. The highest BCUT2D eigenvalue weighted by Crippen LogP contribution is 2.34. The first kappa shape index (κ1) is 18.9. The number of likely N-dealkylation sites (tertiary alicyclic amines) is 1. The van der Waals surface area contributed by atoms with Crippen LogP contribution in [0.25, 0.3) is 10.2 Å². The van der Waals surface area contributed by atoms with E-state index in [1.165, 1.54) is 4.70 Å². The molecular formula is C23H21N3O3S. The summed E-state index contributed by atoms with van der Waals surface area (Å²) >= 11 is 1.72. The van der Waals surface area contributed by atoms with Crippen LogP contribution < -0.4 is 0 Å². The van der Waals surface area contributed by atoms with E-state index in [4.69, 9.17) is 4.98 Å². The molecule has 1 unspecified atom stereocenters. The number of para-hydroxylation sites is 1. The lowest BCUT2D eigenvalue weighted by atomic mass is 9.97. The van der Waals surface area contributed by atoms with Gasteiger partial charge in [0.05, 0.1) is 26.4 Å². The van der Waals surface area contributed by atoms with Crippen LogP contribution in [0.5, 0.6) is 0 Å². The van der Waals surface area contributed by atoms with Gasteiger partial charge >= 0.3 is 0 Å². The fraction of sp³-hybridized carbons (Fsp3) is 0.304. The summed E-state index contributed by atoms with van der Waals surface area (Å²) in [5, 5.41) is 1.12. The van der Waals surface area contributed by atoms with Gasteiger partial charge in [-0.05, 0) is 44.0 Å². The average Bonchev–Trinajstić information content (AvgIpc) is 3.32. The van der Waals surface area contributed by atoms with Gasteiger partial charge in [-0.1, -0.05) is 24.3 Å². The Hall–Kier alpha value is -3.06. The van der Waals surface area contributed by atoms with E-state index in [9.17, 15) is 14.4 Å². The minimum absolute atomic E-state index is 0.174. The summed E-state index contributed by atoms with van der Waals surface area (Å²) in [5.74, 6) is -0.616. The number of aromatic nitrogens is 1. The van der Waals surface area contributed by atoms with Gasteiger partial charge in [-0.3, -0.25) is 19.3 Å².